The molecule has 0 radical (unpaired) electrons. The molecule has 0 aliphatic rings. The first-order chi connectivity index (χ1) is 12.2. The van der Waals surface area contributed by atoms with Gasteiger partial charge in [0.1, 0.15) is 5.75 Å². The maximum absolute atomic E-state index is 12.6. The molecule has 6 heteroatoms. The molecule has 0 atom stereocenters. The Bertz CT molecular complexity index is 992. The van der Waals surface area contributed by atoms with Crippen molar-refractivity contribution in [3.05, 3.63) is 64.4 Å². The van der Waals surface area contributed by atoms with Crippen molar-refractivity contribution in [3.8, 4) is 11.8 Å². The Kier molecular flexibility index (Phi) is 5.36. The third-order valence-corrected chi connectivity index (χ3v) is 4.63. The summed E-state index contributed by atoms with van der Waals surface area (Å²) in [6.07, 6.45) is 0. The maximum atomic E-state index is 12.6. The fraction of sp³-hybridized carbons (Fsp3) is 0.211. The van der Waals surface area contributed by atoms with Crippen molar-refractivity contribution >= 4 is 22.7 Å². The van der Waals surface area contributed by atoms with Crippen LogP contribution in [0.3, 0.4) is 0 Å². The number of nitrogens with zero attached hydrogens (tertiary/aromatic N) is 3. The fourth-order valence-corrected chi connectivity index (χ4v) is 3.36. The van der Waals surface area contributed by atoms with Crippen LogP contribution < -0.4 is 10.3 Å². The lowest BCUT2D eigenvalue weighted by Crippen LogP contribution is -2.22. The Hall–Kier alpha value is -2.78. The van der Waals surface area contributed by atoms with Crippen LogP contribution in [0, 0.1) is 11.3 Å². The van der Waals surface area contributed by atoms with Gasteiger partial charge in [-0.05, 0) is 37.3 Å². The van der Waals surface area contributed by atoms with E-state index in [1.54, 1.807) is 28.8 Å². The molecule has 0 saturated heterocycles. The molecule has 1 heterocycles. The molecule has 0 N–H and O–H groups in total. The quantitative estimate of drug-likeness (QED) is 0.386. The molecule has 3 aromatic rings. The smallest absolute Gasteiger partial charge is 0.262 e. The topological polar surface area (TPSA) is 67.9 Å². The maximum Gasteiger partial charge on any atom is 0.262 e. The molecular formula is C19H17N3O2S. The van der Waals surface area contributed by atoms with Gasteiger partial charge in [0.25, 0.3) is 5.56 Å². The van der Waals surface area contributed by atoms with Crippen molar-refractivity contribution in [3.63, 3.8) is 0 Å². The first-order valence-corrected chi connectivity index (χ1v) is 8.97. The van der Waals surface area contributed by atoms with Crippen molar-refractivity contribution < 1.29 is 4.74 Å². The SMILES string of the molecule is CCn1c(SCCOc2cccc(C#N)c2)nc2ccccc2c1=O. The van der Waals surface area contributed by atoms with Crippen LogP contribution in [0.1, 0.15) is 12.5 Å². The normalized spacial score (nSPS) is 10.6. The minimum atomic E-state index is -0.0155. The number of fused-ring (bicyclic) bond motifs is 1. The molecule has 0 amide bonds. The third kappa shape index (κ3) is 3.83. The molecule has 0 bridgehead atoms. The van der Waals surface area contributed by atoms with E-state index < -0.39 is 0 Å². The highest BCUT2D eigenvalue weighted by Crippen LogP contribution is 2.18. The molecule has 0 saturated carbocycles. The van der Waals surface area contributed by atoms with Gasteiger partial charge < -0.3 is 4.74 Å². The first kappa shape index (κ1) is 17.1. The zero-order valence-corrected chi connectivity index (χ0v) is 14.6. The van der Waals surface area contributed by atoms with E-state index in [4.69, 9.17) is 10.00 Å². The molecule has 1 aromatic heterocycles. The molecule has 3 rings (SSSR count). The molecular weight excluding hydrogens is 334 g/mol. The highest BCUT2D eigenvalue weighted by Gasteiger charge is 2.10. The highest BCUT2D eigenvalue weighted by atomic mass is 32.2. The number of rotatable bonds is 6. The Labute approximate surface area is 149 Å². The van der Waals surface area contributed by atoms with E-state index in [0.29, 0.717) is 46.3 Å². The number of ether oxygens (including phenoxy) is 1. The van der Waals surface area contributed by atoms with Gasteiger partial charge in [0.15, 0.2) is 5.16 Å². The lowest BCUT2D eigenvalue weighted by atomic mass is 10.2. The van der Waals surface area contributed by atoms with E-state index in [1.165, 1.54) is 11.8 Å². The van der Waals surface area contributed by atoms with Crippen LogP contribution in [0.4, 0.5) is 0 Å². The van der Waals surface area contributed by atoms with E-state index in [-0.39, 0.29) is 5.56 Å². The summed E-state index contributed by atoms with van der Waals surface area (Å²) in [5, 5.41) is 10.2. The van der Waals surface area contributed by atoms with Gasteiger partial charge in [0.05, 0.1) is 29.1 Å². The second-order valence-corrected chi connectivity index (χ2v) is 6.36. The summed E-state index contributed by atoms with van der Waals surface area (Å²) in [4.78, 5) is 17.2. The Morgan fingerprint density at radius 3 is 2.88 bits per heavy atom. The van der Waals surface area contributed by atoms with Crippen molar-refractivity contribution in [2.75, 3.05) is 12.4 Å². The molecule has 0 aliphatic heterocycles. The van der Waals surface area contributed by atoms with Gasteiger partial charge in [0.2, 0.25) is 0 Å². The molecule has 0 spiro atoms. The lowest BCUT2D eigenvalue weighted by molar-refractivity contribution is 0.343. The van der Waals surface area contributed by atoms with Gasteiger partial charge in [-0.2, -0.15) is 5.26 Å². The second-order valence-electron chi connectivity index (χ2n) is 5.30. The van der Waals surface area contributed by atoms with Crippen LogP contribution in [-0.4, -0.2) is 21.9 Å². The fourth-order valence-electron chi connectivity index (χ4n) is 2.48. The monoisotopic (exact) mass is 351 g/mol. The lowest BCUT2D eigenvalue weighted by Gasteiger charge is -2.11. The van der Waals surface area contributed by atoms with Gasteiger partial charge in [-0.25, -0.2) is 4.98 Å². The standard InChI is InChI=1S/C19H17N3O2S/c1-2-22-18(23)16-8-3-4-9-17(16)21-19(22)25-11-10-24-15-7-5-6-14(12-15)13-20/h3-9,12H,2,10-11H2,1H3. The van der Waals surface area contributed by atoms with Crippen LogP contribution in [0.2, 0.25) is 0 Å². The largest absolute Gasteiger partial charge is 0.493 e. The summed E-state index contributed by atoms with van der Waals surface area (Å²) in [6.45, 7) is 2.97. The van der Waals surface area contributed by atoms with Crippen molar-refractivity contribution in [1.29, 1.82) is 5.26 Å². The van der Waals surface area contributed by atoms with Crippen LogP contribution in [-0.2, 0) is 6.54 Å². The molecule has 0 fully saturated rings. The summed E-state index contributed by atoms with van der Waals surface area (Å²) in [7, 11) is 0. The Balaban J connectivity index is 1.70. The molecule has 0 aliphatic carbocycles. The molecule has 5 nitrogen and oxygen atoms in total. The van der Waals surface area contributed by atoms with Gasteiger partial charge in [-0.3, -0.25) is 9.36 Å². The highest BCUT2D eigenvalue weighted by molar-refractivity contribution is 7.99. The molecule has 2 aromatic carbocycles. The van der Waals surface area contributed by atoms with E-state index in [2.05, 4.69) is 11.1 Å². The van der Waals surface area contributed by atoms with Gasteiger partial charge >= 0.3 is 0 Å². The first-order valence-electron chi connectivity index (χ1n) is 7.98. The van der Waals surface area contributed by atoms with Crippen LogP contribution >= 0.6 is 11.8 Å². The Morgan fingerprint density at radius 1 is 1.24 bits per heavy atom. The third-order valence-electron chi connectivity index (χ3n) is 3.69. The molecule has 126 valence electrons. The van der Waals surface area contributed by atoms with Crippen molar-refractivity contribution in [2.45, 2.75) is 18.6 Å². The average Bonchev–Trinajstić information content (AvgIpc) is 2.65. The van der Waals surface area contributed by atoms with E-state index in [9.17, 15) is 4.79 Å². The van der Waals surface area contributed by atoms with E-state index >= 15 is 0 Å². The zero-order valence-electron chi connectivity index (χ0n) is 13.8. The number of para-hydroxylation sites is 1. The summed E-state index contributed by atoms with van der Waals surface area (Å²) in [5.41, 5.74) is 1.27. The number of benzene rings is 2. The summed E-state index contributed by atoms with van der Waals surface area (Å²) in [5.74, 6) is 1.32. The average molecular weight is 351 g/mol. The van der Waals surface area contributed by atoms with Crippen LogP contribution in [0.15, 0.2) is 58.5 Å². The summed E-state index contributed by atoms with van der Waals surface area (Å²) in [6, 6.07) is 16.5. The summed E-state index contributed by atoms with van der Waals surface area (Å²) < 4.78 is 7.36. The zero-order chi connectivity index (χ0) is 17.6. The van der Waals surface area contributed by atoms with Crippen LogP contribution in [0.25, 0.3) is 10.9 Å². The van der Waals surface area contributed by atoms with Gasteiger partial charge in [0, 0.05) is 12.3 Å². The van der Waals surface area contributed by atoms with E-state index in [1.807, 2.05) is 31.2 Å². The number of hydrogen-bond acceptors (Lipinski definition) is 5. The molecule has 0 unspecified atom stereocenters. The van der Waals surface area contributed by atoms with Gasteiger partial charge in [-0.15, -0.1) is 0 Å². The predicted octanol–water partition coefficient (Wildman–Crippen LogP) is 3.46. The van der Waals surface area contributed by atoms with Gasteiger partial charge in [-0.1, -0.05) is 30.0 Å². The van der Waals surface area contributed by atoms with Crippen molar-refractivity contribution in [2.24, 2.45) is 0 Å². The number of aromatic nitrogens is 2. The van der Waals surface area contributed by atoms with Crippen LogP contribution in [0.5, 0.6) is 5.75 Å². The number of thioether (sulfide) groups is 1. The number of nitriles is 1. The van der Waals surface area contributed by atoms with E-state index in [0.717, 1.165) is 0 Å². The minimum Gasteiger partial charge on any atom is -0.493 e. The Morgan fingerprint density at radius 2 is 2.08 bits per heavy atom. The number of hydrogen-bond donors (Lipinski definition) is 0. The second kappa shape index (κ2) is 7.86. The summed E-state index contributed by atoms with van der Waals surface area (Å²) >= 11 is 1.49. The predicted molar refractivity (Wildman–Crippen MR) is 99.1 cm³/mol. The van der Waals surface area contributed by atoms with Crippen molar-refractivity contribution in [1.82, 2.24) is 9.55 Å². The minimum absolute atomic E-state index is 0.0155. The molecule has 25 heavy (non-hydrogen) atoms.